The fraction of sp³-hybridized carbons (Fsp3) is 0.286. The lowest BCUT2D eigenvalue weighted by molar-refractivity contribution is -0.153. The number of alkyl halides is 3. The van der Waals surface area contributed by atoms with Gasteiger partial charge in [0.05, 0.1) is 16.8 Å². The van der Waals surface area contributed by atoms with Gasteiger partial charge in [0, 0.05) is 13.0 Å². The molecule has 0 aliphatic carbocycles. The Morgan fingerprint density at radius 3 is 2.33 bits per heavy atom. The van der Waals surface area contributed by atoms with Crippen molar-refractivity contribution < 1.29 is 32.3 Å². The van der Waals surface area contributed by atoms with Gasteiger partial charge in [-0.25, -0.2) is 0 Å². The van der Waals surface area contributed by atoms with E-state index in [1.165, 1.54) is 12.1 Å². The number of nitrogens with one attached hydrogen (secondary N) is 1. The first-order valence-corrected chi connectivity index (χ1v) is 9.12. The number of nitrogens with zero attached hydrogens (tertiary/aromatic N) is 1. The van der Waals surface area contributed by atoms with E-state index in [1.807, 2.05) is 0 Å². The van der Waals surface area contributed by atoms with Gasteiger partial charge in [-0.3, -0.25) is 19.3 Å². The molecule has 0 fully saturated rings. The Morgan fingerprint density at radius 2 is 1.63 bits per heavy atom. The van der Waals surface area contributed by atoms with E-state index in [-0.39, 0.29) is 30.0 Å². The SMILES string of the molecule is Cc1ccc(NC(=O)CCN2C(=O)c3ccc(C)cc3C2=O)c(OCC(F)(F)F)c1. The van der Waals surface area contributed by atoms with Gasteiger partial charge in [-0.15, -0.1) is 0 Å². The Hall–Kier alpha value is -3.36. The third-order valence-corrected chi connectivity index (χ3v) is 4.49. The maximum absolute atomic E-state index is 12.5. The number of rotatable bonds is 6. The molecule has 158 valence electrons. The molecule has 30 heavy (non-hydrogen) atoms. The fourth-order valence-electron chi connectivity index (χ4n) is 3.05. The van der Waals surface area contributed by atoms with Crippen molar-refractivity contribution in [1.82, 2.24) is 4.90 Å². The number of hydrogen-bond donors (Lipinski definition) is 1. The highest BCUT2D eigenvalue weighted by Gasteiger charge is 2.35. The number of imide groups is 1. The largest absolute Gasteiger partial charge is 0.482 e. The number of ether oxygens (including phenoxy) is 1. The molecule has 6 nitrogen and oxygen atoms in total. The molecular weight excluding hydrogens is 401 g/mol. The molecule has 0 unspecified atom stereocenters. The van der Waals surface area contributed by atoms with Crippen molar-refractivity contribution in [3.8, 4) is 5.75 Å². The molecule has 0 spiro atoms. The van der Waals surface area contributed by atoms with Crippen LogP contribution < -0.4 is 10.1 Å². The van der Waals surface area contributed by atoms with Crippen molar-refractivity contribution in [3.05, 3.63) is 58.7 Å². The highest BCUT2D eigenvalue weighted by molar-refractivity contribution is 6.21. The summed E-state index contributed by atoms with van der Waals surface area (Å²) < 4.78 is 42.2. The molecule has 1 heterocycles. The predicted molar refractivity (Wildman–Crippen MR) is 103 cm³/mol. The van der Waals surface area contributed by atoms with Gasteiger partial charge in [-0.2, -0.15) is 13.2 Å². The smallest absolute Gasteiger partial charge is 0.422 e. The quantitative estimate of drug-likeness (QED) is 0.720. The summed E-state index contributed by atoms with van der Waals surface area (Å²) in [5.74, 6) is -1.64. The molecule has 0 saturated heterocycles. The molecule has 0 saturated carbocycles. The summed E-state index contributed by atoms with van der Waals surface area (Å²) in [6.07, 6.45) is -4.73. The molecule has 1 N–H and O–H groups in total. The molecule has 0 radical (unpaired) electrons. The van der Waals surface area contributed by atoms with Crippen molar-refractivity contribution in [2.24, 2.45) is 0 Å². The zero-order valence-electron chi connectivity index (χ0n) is 16.3. The number of carbonyl (C=O) groups excluding carboxylic acids is 3. The Kier molecular flexibility index (Phi) is 5.82. The van der Waals surface area contributed by atoms with E-state index in [2.05, 4.69) is 5.32 Å². The van der Waals surface area contributed by atoms with Gasteiger partial charge >= 0.3 is 6.18 Å². The van der Waals surface area contributed by atoms with E-state index in [0.717, 1.165) is 10.5 Å². The average molecular weight is 420 g/mol. The molecule has 2 aromatic carbocycles. The van der Waals surface area contributed by atoms with Crippen LogP contribution in [0, 0.1) is 13.8 Å². The summed E-state index contributed by atoms with van der Waals surface area (Å²) in [7, 11) is 0. The Bertz CT molecular complexity index is 1020. The van der Waals surface area contributed by atoms with Gasteiger partial charge in [-0.1, -0.05) is 17.7 Å². The number of anilines is 1. The lowest BCUT2D eigenvalue weighted by Gasteiger charge is -2.16. The second-order valence-corrected chi connectivity index (χ2v) is 7.01. The maximum Gasteiger partial charge on any atom is 0.422 e. The summed E-state index contributed by atoms with van der Waals surface area (Å²) in [5, 5.41) is 2.48. The molecule has 0 bridgehead atoms. The Balaban J connectivity index is 1.64. The Morgan fingerprint density at radius 1 is 1.00 bits per heavy atom. The van der Waals surface area contributed by atoms with Crippen LogP contribution in [0.15, 0.2) is 36.4 Å². The number of halogens is 3. The lowest BCUT2D eigenvalue weighted by Crippen LogP contribution is -2.33. The first kappa shape index (κ1) is 21.4. The van der Waals surface area contributed by atoms with Gasteiger partial charge in [0.25, 0.3) is 11.8 Å². The molecule has 1 aliphatic rings. The highest BCUT2D eigenvalue weighted by Crippen LogP contribution is 2.28. The molecular formula is C21H19F3N2O4. The third kappa shape index (κ3) is 4.79. The van der Waals surface area contributed by atoms with E-state index < -0.39 is 30.5 Å². The fourth-order valence-corrected chi connectivity index (χ4v) is 3.05. The first-order chi connectivity index (χ1) is 14.0. The standard InChI is InChI=1S/C21H19F3N2O4/c1-12-3-5-14-15(9-12)20(29)26(19(14)28)8-7-18(27)25-16-6-4-13(2)10-17(16)30-11-21(22,23)24/h3-6,9-10H,7-8,11H2,1-2H3,(H,25,27). The first-order valence-electron chi connectivity index (χ1n) is 9.12. The van der Waals surface area contributed by atoms with E-state index in [9.17, 15) is 27.6 Å². The molecule has 2 aromatic rings. The van der Waals surface area contributed by atoms with Gasteiger partial charge in [0.2, 0.25) is 5.91 Å². The molecule has 0 aromatic heterocycles. The number of amides is 3. The minimum atomic E-state index is -4.52. The van der Waals surface area contributed by atoms with Crippen molar-refractivity contribution in [3.63, 3.8) is 0 Å². The van der Waals surface area contributed by atoms with E-state index in [0.29, 0.717) is 11.1 Å². The van der Waals surface area contributed by atoms with Crippen LogP contribution in [0.25, 0.3) is 0 Å². The van der Waals surface area contributed by atoms with Crippen LogP contribution in [0.2, 0.25) is 0 Å². The highest BCUT2D eigenvalue weighted by atomic mass is 19.4. The van der Waals surface area contributed by atoms with E-state index in [1.54, 1.807) is 38.1 Å². The van der Waals surface area contributed by atoms with Gasteiger partial charge in [0.1, 0.15) is 5.75 Å². The number of aryl methyl sites for hydroxylation is 2. The predicted octanol–water partition coefficient (Wildman–Crippen LogP) is 3.87. The second kappa shape index (κ2) is 8.17. The summed E-state index contributed by atoms with van der Waals surface area (Å²) in [6.45, 7) is 1.83. The van der Waals surface area contributed by atoms with Crippen LogP contribution in [0.3, 0.4) is 0 Å². The molecule has 3 amide bonds. The topological polar surface area (TPSA) is 75.7 Å². The van der Waals surface area contributed by atoms with Gasteiger partial charge in [-0.05, 0) is 43.7 Å². The normalized spacial score (nSPS) is 13.4. The summed E-state index contributed by atoms with van der Waals surface area (Å²) >= 11 is 0. The van der Waals surface area contributed by atoms with Crippen LogP contribution >= 0.6 is 0 Å². The summed E-state index contributed by atoms with van der Waals surface area (Å²) in [4.78, 5) is 38.2. The van der Waals surface area contributed by atoms with Crippen molar-refractivity contribution in [1.29, 1.82) is 0 Å². The number of fused-ring (bicyclic) bond motifs is 1. The van der Waals surface area contributed by atoms with Crippen molar-refractivity contribution in [2.75, 3.05) is 18.5 Å². The summed E-state index contributed by atoms with van der Waals surface area (Å²) in [5.41, 5.74) is 2.15. The number of carbonyl (C=O) groups is 3. The number of hydrogen-bond acceptors (Lipinski definition) is 4. The number of benzene rings is 2. The zero-order valence-corrected chi connectivity index (χ0v) is 16.3. The monoisotopic (exact) mass is 420 g/mol. The van der Waals surface area contributed by atoms with Crippen LogP contribution in [0.5, 0.6) is 5.75 Å². The molecule has 3 rings (SSSR count). The van der Waals surface area contributed by atoms with Crippen molar-refractivity contribution >= 4 is 23.4 Å². The maximum atomic E-state index is 12.5. The van der Waals surface area contributed by atoms with Crippen LogP contribution in [0.4, 0.5) is 18.9 Å². The van der Waals surface area contributed by atoms with Crippen LogP contribution in [0.1, 0.15) is 38.3 Å². The van der Waals surface area contributed by atoms with Crippen molar-refractivity contribution in [2.45, 2.75) is 26.4 Å². The summed E-state index contributed by atoms with van der Waals surface area (Å²) in [6, 6.07) is 9.34. The second-order valence-electron chi connectivity index (χ2n) is 7.01. The third-order valence-electron chi connectivity index (χ3n) is 4.49. The van der Waals surface area contributed by atoms with Gasteiger partial charge in [0.15, 0.2) is 6.61 Å². The lowest BCUT2D eigenvalue weighted by atomic mass is 10.1. The zero-order chi connectivity index (χ0) is 22.1. The van der Waals surface area contributed by atoms with Gasteiger partial charge < -0.3 is 10.1 Å². The van der Waals surface area contributed by atoms with E-state index in [4.69, 9.17) is 4.74 Å². The molecule has 9 heteroatoms. The Labute approximate surface area is 170 Å². The van der Waals surface area contributed by atoms with Crippen LogP contribution in [-0.4, -0.2) is 41.9 Å². The molecule has 1 aliphatic heterocycles. The minimum absolute atomic E-state index is 0.0767. The average Bonchev–Trinajstić information content (AvgIpc) is 2.89. The molecule has 0 atom stereocenters. The van der Waals surface area contributed by atoms with Crippen LogP contribution in [-0.2, 0) is 4.79 Å². The van der Waals surface area contributed by atoms with E-state index >= 15 is 0 Å². The minimum Gasteiger partial charge on any atom is -0.482 e.